The van der Waals surface area contributed by atoms with Crippen LogP contribution in [0.15, 0.2) is 119 Å². The highest BCUT2D eigenvalue weighted by Crippen LogP contribution is 2.28. The number of rotatable bonds is 9. The normalized spacial score (nSPS) is 11.3. The molecule has 0 unspecified atom stereocenters. The highest BCUT2D eigenvalue weighted by molar-refractivity contribution is 7.92. The van der Waals surface area contributed by atoms with Crippen molar-refractivity contribution in [2.75, 3.05) is 11.8 Å². The molecule has 0 fully saturated rings. The quantitative estimate of drug-likeness (QED) is 0.0872. The number of hydrazone groups is 1. The number of carbonyl (C=O) groups excluding carboxylic acids is 2. The van der Waals surface area contributed by atoms with E-state index in [2.05, 4.69) is 15.2 Å². The third-order valence-electron chi connectivity index (χ3n) is 6.34. The van der Waals surface area contributed by atoms with Crippen molar-refractivity contribution in [3.05, 3.63) is 131 Å². The SMILES string of the molecule is COc1ccc(C(=O)Oc2ccc3ccccc3c2/C=N\NC(=O)c2ccc(NS(=O)(=O)c3ccc(Cl)cc3)cc2)cc1. The summed E-state index contributed by atoms with van der Waals surface area (Å²) in [5, 5.41) is 6.17. The van der Waals surface area contributed by atoms with E-state index in [4.69, 9.17) is 21.1 Å². The van der Waals surface area contributed by atoms with E-state index < -0.39 is 21.9 Å². The fourth-order valence-electron chi connectivity index (χ4n) is 4.12. The molecule has 9 nitrogen and oxygen atoms in total. The maximum atomic E-state index is 12.9. The standard InChI is InChI=1S/C32H24ClN3O6S/c1-41-26-15-8-23(9-16-26)32(38)42-30-19-10-21-4-2-3-5-28(21)29(30)20-34-35-31(37)22-6-13-25(14-7-22)36-43(39,40)27-17-11-24(33)12-18-27/h2-20,36H,1H3,(H,35,37)/b34-20-. The van der Waals surface area contributed by atoms with Crippen molar-refractivity contribution in [1.29, 1.82) is 0 Å². The van der Waals surface area contributed by atoms with Gasteiger partial charge in [0.1, 0.15) is 11.5 Å². The van der Waals surface area contributed by atoms with E-state index in [-0.39, 0.29) is 21.9 Å². The summed E-state index contributed by atoms with van der Waals surface area (Å²) in [6.45, 7) is 0. The van der Waals surface area contributed by atoms with Crippen LogP contribution < -0.4 is 19.6 Å². The van der Waals surface area contributed by atoms with Gasteiger partial charge in [-0.3, -0.25) is 9.52 Å². The molecule has 0 heterocycles. The average Bonchev–Trinajstić information content (AvgIpc) is 3.02. The van der Waals surface area contributed by atoms with Crippen LogP contribution in [0.25, 0.3) is 10.8 Å². The van der Waals surface area contributed by atoms with Gasteiger partial charge in [0.15, 0.2) is 0 Å². The molecular weight excluding hydrogens is 590 g/mol. The molecule has 1 amide bonds. The molecule has 2 N–H and O–H groups in total. The maximum absolute atomic E-state index is 12.9. The second-order valence-electron chi connectivity index (χ2n) is 9.15. The highest BCUT2D eigenvalue weighted by atomic mass is 35.5. The van der Waals surface area contributed by atoms with Crippen LogP contribution >= 0.6 is 11.6 Å². The van der Waals surface area contributed by atoms with E-state index in [1.54, 1.807) is 30.3 Å². The topological polar surface area (TPSA) is 123 Å². The zero-order valence-electron chi connectivity index (χ0n) is 22.7. The molecule has 0 aliphatic carbocycles. The number of hydrogen-bond acceptors (Lipinski definition) is 7. The minimum atomic E-state index is -3.83. The molecule has 0 saturated heterocycles. The van der Waals surface area contributed by atoms with Crippen molar-refractivity contribution >= 4 is 56.2 Å². The lowest BCUT2D eigenvalue weighted by Gasteiger charge is -2.11. The molecule has 0 radical (unpaired) electrons. The Morgan fingerprint density at radius 1 is 0.814 bits per heavy atom. The summed E-state index contributed by atoms with van der Waals surface area (Å²) in [4.78, 5) is 25.7. The summed E-state index contributed by atoms with van der Waals surface area (Å²) in [5.41, 5.74) is 3.81. The number of esters is 1. The molecule has 43 heavy (non-hydrogen) atoms. The van der Waals surface area contributed by atoms with Crippen LogP contribution in [0.1, 0.15) is 26.3 Å². The molecule has 0 spiro atoms. The molecule has 0 aliphatic heterocycles. The van der Waals surface area contributed by atoms with Gasteiger partial charge in [0.2, 0.25) is 0 Å². The third kappa shape index (κ3) is 7.00. The summed E-state index contributed by atoms with van der Waals surface area (Å²) < 4.78 is 38.5. The predicted octanol–water partition coefficient (Wildman–Crippen LogP) is 6.29. The lowest BCUT2D eigenvalue weighted by atomic mass is 10.0. The Bertz CT molecular complexity index is 1930. The molecule has 0 bridgehead atoms. The Morgan fingerprint density at radius 2 is 1.49 bits per heavy atom. The van der Waals surface area contributed by atoms with Crippen LogP contribution in [0.4, 0.5) is 5.69 Å². The number of carbonyl (C=O) groups is 2. The third-order valence-corrected chi connectivity index (χ3v) is 7.99. The van der Waals surface area contributed by atoms with E-state index in [0.29, 0.717) is 21.9 Å². The van der Waals surface area contributed by atoms with E-state index in [1.165, 1.54) is 61.9 Å². The first-order valence-corrected chi connectivity index (χ1v) is 14.7. The van der Waals surface area contributed by atoms with Crippen LogP contribution in [0, 0.1) is 0 Å². The molecule has 0 atom stereocenters. The minimum Gasteiger partial charge on any atom is -0.497 e. The Balaban J connectivity index is 1.30. The van der Waals surface area contributed by atoms with Crippen molar-refractivity contribution in [2.45, 2.75) is 4.90 Å². The molecule has 5 rings (SSSR count). The first-order chi connectivity index (χ1) is 20.7. The van der Waals surface area contributed by atoms with Crippen LogP contribution in [0.3, 0.4) is 0 Å². The van der Waals surface area contributed by atoms with Crippen LogP contribution in [0.5, 0.6) is 11.5 Å². The van der Waals surface area contributed by atoms with Crippen LogP contribution in [0.2, 0.25) is 5.02 Å². The van der Waals surface area contributed by atoms with Crippen molar-refractivity contribution in [1.82, 2.24) is 5.43 Å². The molecule has 0 aromatic heterocycles. The first kappa shape index (κ1) is 29.3. The zero-order valence-corrected chi connectivity index (χ0v) is 24.2. The summed E-state index contributed by atoms with van der Waals surface area (Å²) in [5.74, 6) is -0.224. The molecular formula is C32H24ClN3O6S. The molecule has 0 saturated carbocycles. The van der Waals surface area contributed by atoms with Gasteiger partial charge in [-0.05, 0) is 89.6 Å². The largest absolute Gasteiger partial charge is 0.497 e. The van der Waals surface area contributed by atoms with E-state index in [0.717, 1.165) is 10.8 Å². The summed E-state index contributed by atoms with van der Waals surface area (Å²) in [7, 11) is -2.30. The second kappa shape index (κ2) is 12.8. The predicted molar refractivity (Wildman–Crippen MR) is 166 cm³/mol. The monoisotopic (exact) mass is 613 g/mol. The maximum Gasteiger partial charge on any atom is 0.343 e. The van der Waals surface area contributed by atoms with Gasteiger partial charge in [-0.15, -0.1) is 0 Å². The number of nitrogens with one attached hydrogen (secondary N) is 2. The molecule has 5 aromatic carbocycles. The van der Waals surface area contributed by atoms with Gasteiger partial charge in [0.25, 0.3) is 15.9 Å². The van der Waals surface area contributed by atoms with E-state index in [1.807, 2.05) is 30.3 Å². The number of methoxy groups -OCH3 is 1. The fourth-order valence-corrected chi connectivity index (χ4v) is 5.31. The molecule has 5 aromatic rings. The van der Waals surface area contributed by atoms with E-state index >= 15 is 0 Å². The fraction of sp³-hybridized carbons (Fsp3) is 0.0312. The Hall–Kier alpha value is -5.19. The smallest absolute Gasteiger partial charge is 0.343 e. The zero-order chi connectivity index (χ0) is 30.4. The average molecular weight is 614 g/mol. The number of benzene rings is 5. The number of amides is 1. The Kier molecular flexibility index (Phi) is 8.70. The van der Waals surface area contributed by atoms with Gasteiger partial charge in [-0.1, -0.05) is 41.9 Å². The van der Waals surface area contributed by atoms with E-state index in [9.17, 15) is 18.0 Å². The van der Waals surface area contributed by atoms with Gasteiger partial charge in [-0.2, -0.15) is 5.10 Å². The lowest BCUT2D eigenvalue weighted by molar-refractivity contribution is 0.0734. The van der Waals surface area contributed by atoms with Crippen LogP contribution in [-0.2, 0) is 10.0 Å². The minimum absolute atomic E-state index is 0.0514. The van der Waals surface area contributed by atoms with Crippen molar-refractivity contribution < 1.29 is 27.5 Å². The van der Waals surface area contributed by atoms with Crippen molar-refractivity contribution in [3.63, 3.8) is 0 Å². The number of fused-ring (bicyclic) bond motifs is 1. The number of ether oxygens (including phenoxy) is 2. The number of hydrogen-bond donors (Lipinski definition) is 2. The van der Waals surface area contributed by atoms with Gasteiger partial charge >= 0.3 is 5.97 Å². The Labute approximate surface area is 252 Å². The summed E-state index contributed by atoms with van der Waals surface area (Å²) in [6, 6.07) is 29.1. The summed E-state index contributed by atoms with van der Waals surface area (Å²) >= 11 is 5.84. The molecule has 0 aliphatic rings. The van der Waals surface area contributed by atoms with Gasteiger partial charge in [-0.25, -0.2) is 18.6 Å². The number of halogens is 1. The van der Waals surface area contributed by atoms with Gasteiger partial charge < -0.3 is 9.47 Å². The van der Waals surface area contributed by atoms with Crippen molar-refractivity contribution in [3.8, 4) is 11.5 Å². The van der Waals surface area contributed by atoms with Crippen molar-refractivity contribution in [2.24, 2.45) is 5.10 Å². The number of sulfonamides is 1. The first-order valence-electron chi connectivity index (χ1n) is 12.8. The van der Waals surface area contributed by atoms with Crippen LogP contribution in [-0.4, -0.2) is 33.6 Å². The lowest BCUT2D eigenvalue weighted by Crippen LogP contribution is -2.18. The van der Waals surface area contributed by atoms with Gasteiger partial charge in [0, 0.05) is 21.8 Å². The Morgan fingerprint density at radius 3 is 2.19 bits per heavy atom. The number of anilines is 1. The molecule has 216 valence electrons. The highest BCUT2D eigenvalue weighted by Gasteiger charge is 2.16. The summed E-state index contributed by atoms with van der Waals surface area (Å²) in [6.07, 6.45) is 1.41. The van der Waals surface area contributed by atoms with Gasteiger partial charge in [0.05, 0.1) is 23.8 Å². The number of nitrogens with zero attached hydrogens (tertiary/aromatic N) is 1. The second-order valence-corrected chi connectivity index (χ2v) is 11.3. The molecule has 11 heteroatoms.